The van der Waals surface area contributed by atoms with Crippen molar-refractivity contribution in [3.05, 3.63) is 64.8 Å². The molecule has 0 spiro atoms. The molecule has 0 heterocycles. The highest BCUT2D eigenvalue weighted by Gasteiger charge is 2.23. The Labute approximate surface area is 135 Å². The van der Waals surface area contributed by atoms with Crippen molar-refractivity contribution >= 4 is 0 Å². The van der Waals surface area contributed by atoms with Crippen molar-refractivity contribution in [1.82, 2.24) is 0 Å². The summed E-state index contributed by atoms with van der Waals surface area (Å²) in [5, 5.41) is 0. The molecule has 0 N–H and O–H groups in total. The fourth-order valence-electron chi connectivity index (χ4n) is 3.30. The fourth-order valence-corrected chi connectivity index (χ4v) is 3.30. The lowest BCUT2D eigenvalue weighted by Gasteiger charge is -2.26. The minimum absolute atomic E-state index is 0.147. The Bertz CT molecular complexity index is 690. The first-order valence-corrected chi connectivity index (χ1v) is 8.02. The molecular formula is C20H20F3. The zero-order chi connectivity index (χ0) is 16.6. The molecule has 1 aliphatic carbocycles. The third-order valence-electron chi connectivity index (χ3n) is 4.84. The van der Waals surface area contributed by atoms with Crippen LogP contribution in [0, 0.1) is 30.3 Å². The summed E-state index contributed by atoms with van der Waals surface area (Å²) in [7, 11) is 0. The van der Waals surface area contributed by atoms with E-state index in [1.165, 1.54) is 30.2 Å². The van der Waals surface area contributed by atoms with E-state index in [1.54, 1.807) is 13.0 Å². The Balaban J connectivity index is 1.95. The van der Waals surface area contributed by atoms with Crippen LogP contribution in [0.15, 0.2) is 30.3 Å². The highest BCUT2D eigenvalue weighted by molar-refractivity contribution is 5.66. The van der Waals surface area contributed by atoms with E-state index in [0.717, 1.165) is 25.7 Å². The van der Waals surface area contributed by atoms with Crippen molar-refractivity contribution in [2.24, 2.45) is 0 Å². The first-order chi connectivity index (χ1) is 11.0. The van der Waals surface area contributed by atoms with Crippen molar-refractivity contribution in [3.63, 3.8) is 0 Å². The summed E-state index contributed by atoms with van der Waals surface area (Å²) >= 11 is 0. The molecular weight excluding hydrogens is 297 g/mol. The lowest BCUT2D eigenvalue weighted by atomic mass is 9.79. The van der Waals surface area contributed by atoms with Gasteiger partial charge in [-0.15, -0.1) is 0 Å². The second-order valence-electron chi connectivity index (χ2n) is 6.55. The maximum absolute atomic E-state index is 14.5. The maximum Gasteiger partial charge on any atom is 0.134 e. The minimum Gasteiger partial charge on any atom is -0.207 e. The first kappa shape index (κ1) is 16.1. The Kier molecular flexibility index (Phi) is 4.47. The molecule has 3 heteroatoms. The zero-order valence-electron chi connectivity index (χ0n) is 13.4. The van der Waals surface area contributed by atoms with Gasteiger partial charge in [0.2, 0.25) is 0 Å². The van der Waals surface area contributed by atoms with Crippen LogP contribution >= 0.6 is 0 Å². The summed E-state index contributed by atoms with van der Waals surface area (Å²) in [4.78, 5) is 0. The monoisotopic (exact) mass is 317 g/mol. The van der Waals surface area contributed by atoms with E-state index in [9.17, 15) is 13.2 Å². The first-order valence-electron chi connectivity index (χ1n) is 8.02. The van der Waals surface area contributed by atoms with E-state index in [0.29, 0.717) is 11.1 Å². The molecule has 2 aromatic rings. The van der Waals surface area contributed by atoms with E-state index in [1.807, 2.05) is 0 Å². The largest absolute Gasteiger partial charge is 0.207 e. The number of halogens is 3. The normalized spacial score (nSPS) is 16.7. The van der Waals surface area contributed by atoms with Crippen molar-refractivity contribution in [3.8, 4) is 11.1 Å². The Hall–Kier alpha value is -1.77. The summed E-state index contributed by atoms with van der Waals surface area (Å²) in [6.07, 6.45) is 3.89. The SMILES string of the molecule is C[C]1CCC(c2cc(F)c(-c3ccc(C)c(F)c3)c(F)c2)CC1. The summed E-state index contributed by atoms with van der Waals surface area (Å²) in [5.41, 5.74) is 1.26. The molecule has 1 aliphatic rings. The van der Waals surface area contributed by atoms with Gasteiger partial charge < -0.3 is 0 Å². The van der Waals surface area contributed by atoms with Gasteiger partial charge in [0, 0.05) is 0 Å². The number of aryl methyl sites for hydroxylation is 1. The van der Waals surface area contributed by atoms with Crippen molar-refractivity contribution in [2.75, 3.05) is 0 Å². The standard InChI is InChI=1S/C20H20F3/c1-12-3-6-14(7-4-12)16-10-18(22)20(19(23)11-16)15-8-5-13(2)17(21)9-15/h5,8-11,14H,3-4,6-7H2,1-2H3. The van der Waals surface area contributed by atoms with Crippen molar-refractivity contribution in [1.29, 1.82) is 0 Å². The Morgan fingerprint density at radius 3 is 2.00 bits per heavy atom. The second-order valence-corrected chi connectivity index (χ2v) is 6.55. The summed E-state index contributed by atoms with van der Waals surface area (Å²) in [6.45, 7) is 3.75. The highest BCUT2D eigenvalue weighted by Crippen LogP contribution is 2.38. The van der Waals surface area contributed by atoms with Crippen LogP contribution in [-0.4, -0.2) is 0 Å². The van der Waals surface area contributed by atoms with Crippen LogP contribution < -0.4 is 0 Å². The van der Waals surface area contributed by atoms with Gasteiger partial charge in [-0.05, 0) is 79.3 Å². The van der Waals surface area contributed by atoms with Gasteiger partial charge in [0.05, 0.1) is 5.56 Å². The summed E-state index contributed by atoms with van der Waals surface area (Å²) < 4.78 is 42.7. The summed E-state index contributed by atoms with van der Waals surface area (Å²) in [5.74, 6) is -0.0341. The van der Waals surface area contributed by atoms with Crippen LogP contribution in [0.1, 0.15) is 49.7 Å². The van der Waals surface area contributed by atoms with E-state index in [2.05, 4.69) is 6.92 Å². The quantitative estimate of drug-likeness (QED) is 0.607. The molecule has 23 heavy (non-hydrogen) atoms. The van der Waals surface area contributed by atoms with Crippen LogP contribution in [0.25, 0.3) is 11.1 Å². The maximum atomic E-state index is 14.5. The molecule has 0 atom stereocenters. The average molecular weight is 317 g/mol. The Morgan fingerprint density at radius 1 is 0.826 bits per heavy atom. The molecule has 0 bridgehead atoms. The van der Waals surface area contributed by atoms with Crippen molar-refractivity contribution < 1.29 is 13.2 Å². The van der Waals surface area contributed by atoms with Crippen LogP contribution in [0.2, 0.25) is 0 Å². The molecule has 121 valence electrons. The van der Waals surface area contributed by atoms with Gasteiger partial charge in [-0.2, -0.15) is 0 Å². The molecule has 1 fully saturated rings. The zero-order valence-corrected chi connectivity index (χ0v) is 13.4. The molecule has 0 unspecified atom stereocenters. The molecule has 2 aromatic carbocycles. The van der Waals surface area contributed by atoms with Crippen LogP contribution in [-0.2, 0) is 0 Å². The highest BCUT2D eigenvalue weighted by atomic mass is 19.1. The number of rotatable bonds is 2. The number of benzene rings is 2. The van der Waals surface area contributed by atoms with Gasteiger partial charge in [-0.3, -0.25) is 0 Å². The third-order valence-corrected chi connectivity index (χ3v) is 4.84. The molecule has 3 rings (SSSR count). The van der Waals surface area contributed by atoms with Gasteiger partial charge in [-0.1, -0.05) is 19.1 Å². The van der Waals surface area contributed by atoms with E-state index >= 15 is 0 Å². The number of hydrogen-bond donors (Lipinski definition) is 0. The lowest BCUT2D eigenvalue weighted by molar-refractivity contribution is 0.467. The van der Waals surface area contributed by atoms with Crippen LogP contribution in [0.4, 0.5) is 13.2 Å². The smallest absolute Gasteiger partial charge is 0.134 e. The molecule has 1 radical (unpaired) electrons. The summed E-state index contributed by atoms with van der Waals surface area (Å²) in [6, 6.07) is 7.12. The van der Waals surface area contributed by atoms with Gasteiger partial charge >= 0.3 is 0 Å². The molecule has 0 aromatic heterocycles. The predicted octanol–water partition coefficient (Wildman–Crippen LogP) is 6.33. The third kappa shape index (κ3) is 3.29. The Morgan fingerprint density at radius 2 is 1.43 bits per heavy atom. The predicted molar refractivity (Wildman–Crippen MR) is 86.6 cm³/mol. The molecule has 0 saturated heterocycles. The van der Waals surface area contributed by atoms with Gasteiger partial charge in [-0.25, -0.2) is 13.2 Å². The van der Waals surface area contributed by atoms with Crippen LogP contribution in [0.3, 0.4) is 0 Å². The topological polar surface area (TPSA) is 0 Å². The lowest BCUT2D eigenvalue weighted by Crippen LogP contribution is -2.10. The van der Waals surface area contributed by atoms with E-state index in [4.69, 9.17) is 0 Å². The van der Waals surface area contributed by atoms with Crippen LogP contribution in [0.5, 0.6) is 0 Å². The molecule has 1 saturated carbocycles. The second kappa shape index (κ2) is 6.38. The average Bonchev–Trinajstić information content (AvgIpc) is 2.51. The van der Waals surface area contributed by atoms with Crippen molar-refractivity contribution in [2.45, 2.75) is 45.4 Å². The van der Waals surface area contributed by atoms with E-state index < -0.39 is 17.5 Å². The van der Waals surface area contributed by atoms with Gasteiger partial charge in [0.25, 0.3) is 0 Å². The molecule has 0 nitrogen and oxygen atoms in total. The van der Waals surface area contributed by atoms with Gasteiger partial charge in [0.1, 0.15) is 17.5 Å². The van der Waals surface area contributed by atoms with Gasteiger partial charge in [0.15, 0.2) is 0 Å². The fraction of sp³-hybridized carbons (Fsp3) is 0.350. The molecule has 0 aliphatic heterocycles. The molecule has 0 amide bonds. The van der Waals surface area contributed by atoms with E-state index in [-0.39, 0.29) is 17.0 Å². The number of hydrogen-bond acceptors (Lipinski definition) is 0. The minimum atomic E-state index is -0.616.